The number of hydrazone groups is 1. The van der Waals surface area contributed by atoms with Gasteiger partial charge in [0.05, 0.1) is 16.3 Å². The molecule has 0 saturated heterocycles. The Bertz CT molecular complexity index is 1160. The maximum absolute atomic E-state index is 12.6. The highest BCUT2D eigenvalue weighted by atomic mass is 32.2. The Morgan fingerprint density at radius 2 is 1.90 bits per heavy atom. The first-order valence-corrected chi connectivity index (χ1v) is 9.37. The molecular formula is C16H13N5O7S. The number of rotatable bonds is 5. The number of carbonyl (C=O) groups is 1. The number of azo groups is 1. The molecule has 0 spiro atoms. The van der Waals surface area contributed by atoms with Gasteiger partial charge in [-0.2, -0.15) is 28.8 Å². The molecule has 1 aliphatic heterocycles. The van der Waals surface area contributed by atoms with E-state index >= 15 is 0 Å². The van der Waals surface area contributed by atoms with Crippen molar-refractivity contribution >= 4 is 38.8 Å². The van der Waals surface area contributed by atoms with Crippen molar-refractivity contribution in [3.05, 3.63) is 52.6 Å². The van der Waals surface area contributed by atoms with Crippen molar-refractivity contribution in [2.24, 2.45) is 15.3 Å². The van der Waals surface area contributed by atoms with Crippen molar-refractivity contribution in [3.63, 3.8) is 0 Å². The standard InChI is InChI=1S/C16H13N5O7S/c1-9-14(16(23)20(19-9)10-5-3-2-4-6-10)18-17-12-7-11(21(24)25)8-13(15(12)22)29(26,27)28/h2-8,14,22H,1H3,(H,26,27,28)/t14-/m1/s1. The molecule has 1 atom stereocenters. The zero-order chi connectivity index (χ0) is 21.3. The second-order valence-electron chi connectivity index (χ2n) is 5.89. The van der Waals surface area contributed by atoms with Gasteiger partial charge in [-0.3, -0.25) is 19.5 Å². The Kier molecular flexibility index (Phi) is 5.09. The van der Waals surface area contributed by atoms with E-state index in [1.807, 2.05) is 0 Å². The molecule has 0 saturated carbocycles. The van der Waals surface area contributed by atoms with Gasteiger partial charge in [0.1, 0.15) is 10.6 Å². The summed E-state index contributed by atoms with van der Waals surface area (Å²) in [4.78, 5) is 21.5. The molecule has 0 aromatic heterocycles. The van der Waals surface area contributed by atoms with Gasteiger partial charge in [-0.1, -0.05) is 18.2 Å². The highest BCUT2D eigenvalue weighted by Crippen LogP contribution is 2.38. The Balaban J connectivity index is 1.98. The summed E-state index contributed by atoms with van der Waals surface area (Å²) < 4.78 is 31.9. The lowest BCUT2D eigenvalue weighted by molar-refractivity contribution is -0.385. The zero-order valence-electron chi connectivity index (χ0n) is 14.7. The van der Waals surface area contributed by atoms with Crippen molar-refractivity contribution in [3.8, 4) is 5.75 Å². The minimum absolute atomic E-state index is 0.266. The monoisotopic (exact) mass is 419 g/mol. The predicted octanol–water partition coefficient (Wildman–Crippen LogP) is 2.42. The Morgan fingerprint density at radius 3 is 2.48 bits per heavy atom. The third-order valence-electron chi connectivity index (χ3n) is 3.91. The normalized spacial score (nSPS) is 17.0. The number of amides is 1. The Morgan fingerprint density at radius 1 is 1.24 bits per heavy atom. The van der Waals surface area contributed by atoms with E-state index in [2.05, 4.69) is 15.3 Å². The molecule has 0 bridgehead atoms. The van der Waals surface area contributed by atoms with E-state index in [1.165, 1.54) is 6.92 Å². The molecule has 13 heteroatoms. The van der Waals surface area contributed by atoms with Crippen molar-refractivity contribution in [2.75, 3.05) is 5.01 Å². The summed E-state index contributed by atoms with van der Waals surface area (Å²) in [5.74, 6) is -1.60. The van der Waals surface area contributed by atoms with Gasteiger partial charge in [0.15, 0.2) is 11.8 Å². The molecule has 0 fully saturated rings. The van der Waals surface area contributed by atoms with Gasteiger partial charge in [0.2, 0.25) is 0 Å². The van der Waals surface area contributed by atoms with Gasteiger partial charge in [-0.05, 0) is 19.1 Å². The minimum Gasteiger partial charge on any atom is -0.504 e. The third kappa shape index (κ3) is 3.95. The molecule has 29 heavy (non-hydrogen) atoms. The maximum atomic E-state index is 12.6. The lowest BCUT2D eigenvalue weighted by Gasteiger charge is -2.11. The number of hydrogen-bond donors (Lipinski definition) is 2. The average molecular weight is 419 g/mol. The molecule has 2 aromatic rings. The molecule has 0 aliphatic carbocycles. The number of benzene rings is 2. The van der Waals surface area contributed by atoms with Crippen LogP contribution in [-0.2, 0) is 14.9 Å². The number of nitro groups is 1. The number of phenols is 1. The molecule has 150 valence electrons. The van der Waals surface area contributed by atoms with Crippen LogP contribution in [0.4, 0.5) is 17.1 Å². The number of nitro benzene ring substituents is 1. The minimum atomic E-state index is -4.97. The number of para-hydroxylation sites is 1. The second kappa shape index (κ2) is 7.37. The van der Waals surface area contributed by atoms with Crippen LogP contribution in [-0.4, -0.2) is 40.7 Å². The number of carbonyl (C=O) groups excluding carboxylic acids is 1. The first-order chi connectivity index (χ1) is 13.6. The van der Waals surface area contributed by atoms with Gasteiger partial charge < -0.3 is 5.11 Å². The fraction of sp³-hybridized carbons (Fsp3) is 0.125. The number of phenolic OH excluding ortho intramolecular Hbond substituents is 1. The quantitative estimate of drug-likeness (QED) is 0.323. The SMILES string of the molecule is CC1=NN(c2ccccc2)C(=O)[C@@H]1N=Nc1cc([N+](=O)[O-])cc(S(=O)(=O)O)c1O. The van der Waals surface area contributed by atoms with Gasteiger partial charge in [0.25, 0.3) is 21.7 Å². The molecule has 12 nitrogen and oxygen atoms in total. The topological polar surface area (TPSA) is 175 Å². The van der Waals surface area contributed by atoms with E-state index in [-0.39, 0.29) is 5.71 Å². The summed E-state index contributed by atoms with van der Waals surface area (Å²) in [6.07, 6.45) is 0. The van der Waals surface area contributed by atoms with Crippen molar-refractivity contribution in [2.45, 2.75) is 17.9 Å². The second-order valence-corrected chi connectivity index (χ2v) is 7.28. The van der Waals surface area contributed by atoms with Gasteiger partial charge >= 0.3 is 0 Å². The molecule has 0 radical (unpaired) electrons. The van der Waals surface area contributed by atoms with Crippen LogP contribution in [0.15, 0.2) is 62.7 Å². The van der Waals surface area contributed by atoms with Crippen LogP contribution < -0.4 is 5.01 Å². The first kappa shape index (κ1) is 20.0. The summed E-state index contributed by atoms with van der Waals surface area (Å²) in [7, 11) is -4.97. The van der Waals surface area contributed by atoms with Gasteiger partial charge in [-0.15, -0.1) is 0 Å². The molecule has 1 heterocycles. The van der Waals surface area contributed by atoms with Gasteiger partial charge in [0, 0.05) is 12.1 Å². The smallest absolute Gasteiger partial charge is 0.298 e. The number of hydrogen-bond acceptors (Lipinski definition) is 9. The van der Waals surface area contributed by atoms with Crippen LogP contribution in [0.2, 0.25) is 0 Å². The molecule has 3 rings (SSSR count). The van der Waals surface area contributed by atoms with E-state index in [1.54, 1.807) is 30.3 Å². The molecule has 0 unspecified atom stereocenters. The number of non-ortho nitro benzene ring substituents is 1. The lowest BCUT2D eigenvalue weighted by Crippen LogP contribution is -2.29. The Labute approximate surface area is 163 Å². The van der Waals surface area contributed by atoms with Crippen molar-refractivity contribution < 1.29 is 27.8 Å². The van der Waals surface area contributed by atoms with E-state index in [0.717, 1.165) is 11.1 Å². The molecule has 2 N–H and O–H groups in total. The van der Waals surface area contributed by atoms with Crippen LogP contribution in [0.3, 0.4) is 0 Å². The fourth-order valence-corrected chi connectivity index (χ4v) is 3.14. The summed E-state index contributed by atoms with van der Waals surface area (Å²) in [6, 6.07) is 8.54. The summed E-state index contributed by atoms with van der Waals surface area (Å²) >= 11 is 0. The molecular weight excluding hydrogens is 406 g/mol. The molecule has 2 aromatic carbocycles. The average Bonchev–Trinajstić information content (AvgIpc) is 2.94. The molecule has 1 amide bonds. The van der Waals surface area contributed by atoms with Crippen LogP contribution in [0.5, 0.6) is 5.75 Å². The zero-order valence-corrected chi connectivity index (χ0v) is 15.5. The Hall–Kier alpha value is -3.71. The highest BCUT2D eigenvalue weighted by molar-refractivity contribution is 7.86. The summed E-state index contributed by atoms with van der Waals surface area (Å²) in [6.45, 7) is 1.52. The van der Waals surface area contributed by atoms with E-state index in [4.69, 9.17) is 4.55 Å². The number of aromatic hydroxyl groups is 1. The van der Waals surface area contributed by atoms with E-state index < -0.39 is 49.0 Å². The summed E-state index contributed by atoms with van der Waals surface area (Å²) in [5, 5.41) is 33.6. The summed E-state index contributed by atoms with van der Waals surface area (Å²) in [5.41, 5.74) is -0.604. The van der Waals surface area contributed by atoms with Crippen LogP contribution in [0, 0.1) is 10.1 Å². The van der Waals surface area contributed by atoms with Crippen molar-refractivity contribution in [1.82, 2.24) is 0 Å². The van der Waals surface area contributed by atoms with E-state index in [0.29, 0.717) is 11.8 Å². The number of anilines is 1. The van der Waals surface area contributed by atoms with Crippen LogP contribution in [0.25, 0.3) is 0 Å². The van der Waals surface area contributed by atoms with Crippen molar-refractivity contribution in [1.29, 1.82) is 0 Å². The molecule has 1 aliphatic rings. The highest BCUT2D eigenvalue weighted by Gasteiger charge is 2.35. The lowest BCUT2D eigenvalue weighted by atomic mass is 10.2. The largest absolute Gasteiger partial charge is 0.504 e. The van der Waals surface area contributed by atoms with Crippen LogP contribution >= 0.6 is 0 Å². The predicted molar refractivity (Wildman–Crippen MR) is 99.9 cm³/mol. The fourth-order valence-electron chi connectivity index (χ4n) is 2.52. The maximum Gasteiger partial charge on any atom is 0.298 e. The first-order valence-electron chi connectivity index (χ1n) is 7.93. The third-order valence-corrected chi connectivity index (χ3v) is 4.77. The number of nitrogens with zero attached hydrogens (tertiary/aromatic N) is 5. The van der Waals surface area contributed by atoms with Crippen LogP contribution in [0.1, 0.15) is 6.92 Å². The van der Waals surface area contributed by atoms with E-state index in [9.17, 15) is 28.4 Å². The van der Waals surface area contributed by atoms with Gasteiger partial charge in [-0.25, -0.2) is 0 Å².